The molecule has 8 heteroatoms. The van der Waals surface area contributed by atoms with Crippen LogP contribution in [0.15, 0.2) is 84.6 Å². The molecule has 3 aromatic rings. The van der Waals surface area contributed by atoms with E-state index >= 15 is 0 Å². The molecule has 0 bridgehead atoms. The van der Waals surface area contributed by atoms with Crippen LogP contribution in [0.25, 0.3) is 6.08 Å². The molecular weight excluding hydrogens is 464 g/mol. The summed E-state index contributed by atoms with van der Waals surface area (Å²) in [7, 11) is 2.86. The number of hydrogen-bond donors (Lipinski definition) is 0. The highest BCUT2D eigenvalue weighted by Crippen LogP contribution is 2.32. The maximum absolute atomic E-state index is 13.6. The van der Waals surface area contributed by atoms with Crippen molar-refractivity contribution in [3.8, 4) is 11.5 Å². The van der Waals surface area contributed by atoms with Gasteiger partial charge in [0.05, 0.1) is 19.9 Å². The van der Waals surface area contributed by atoms with E-state index in [1.807, 2.05) is 54.6 Å². The van der Waals surface area contributed by atoms with Crippen LogP contribution in [0.5, 0.6) is 11.5 Å². The highest BCUT2D eigenvalue weighted by atomic mass is 32.1. The van der Waals surface area contributed by atoms with Gasteiger partial charge in [0, 0.05) is 5.56 Å². The van der Waals surface area contributed by atoms with Gasteiger partial charge in [0.2, 0.25) is 0 Å². The van der Waals surface area contributed by atoms with Crippen LogP contribution >= 0.6 is 12.2 Å². The molecule has 0 unspecified atom stereocenters. The molecule has 1 saturated heterocycles. The molecule has 1 aliphatic heterocycles. The fraction of sp³-hybridized carbons (Fsp3) is 0.148. The number of anilines is 1. The number of methoxy groups -OCH3 is 2. The minimum atomic E-state index is -0.517. The van der Waals surface area contributed by atoms with Crippen LogP contribution in [0.4, 0.5) is 5.69 Å². The zero-order valence-electron chi connectivity index (χ0n) is 19.3. The van der Waals surface area contributed by atoms with Crippen molar-refractivity contribution in [1.82, 2.24) is 4.90 Å². The number of carbonyl (C=O) groups is 2. The summed E-state index contributed by atoms with van der Waals surface area (Å²) >= 11 is 5.61. The van der Waals surface area contributed by atoms with E-state index in [1.165, 1.54) is 16.9 Å². The lowest BCUT2D eigenvalue weighted by Crippen LogP contribution is -2.35. The van der Waals surface area contributed by atoms with Crippen LogP contribution < -0.4 is 14.4 Å². The van der Waals surface area contributed by atoms with Crippen molar-refractivity contribution in [3.63, 3.8) is 0 Å². The van der Waals surface area contributed by atoms with E-state index in [0.717, 1.165) is 5.56 Å². The number of rotatable bonds is 8. The summed E-state index contributed by atoms with van der Waals surface area (Å²) in [5, 5.41) is 0.180. The Labute approximate surface area is 209 Å². The lowest BCUT2D eigenvalue weighted by atomic mass is 10.1. The molecule has 0 N–H and O–H groups in total. The summed E-state index contributed by atoms with van der Waals surface area (Å²) in [5.74, 6) is 0.375. The zero-order chi connectivity index (χ0) is 24.8. The van der Waals surface area contributed by atoms with E-state index < -0.39 is 5.97 Å². The van der Waals surface area contributed by atoms with Crippen molar-refractivity contribution in [2.45, 2.75) is 6.61 Å². The fourth-order valence-corrected chi connectivity index (χ4v) is 3.95. The van der Waals surface area contributed by atoms with Crippen molar-refractivity contribution in [2.24, 2.45) is 0 Å². The lowest BCUT2D eigenvalue weighted by molar-refractivity contribution is -0.140. The first-order valence-corrected chi connectivity index (χ1v) is 11.3. The van der Waals surface area contributed by atoms with Crippen LogP contribution in [0.3, 0.4) is 0 Å². The standard InChI is InChI=1S/C27H24N2O5S/c1-32-22-14-12-21(13-15-22)29-26(31)23(28(27(29)35)17-25(30)33-2)16-20-10-6-7-11-24(20)34-18-19-8-4-3-5-9-19/h3-16H,17-18H2,1-2H3/b23-16-. The molecule has 4 rings (SSSR count). The smallest absolute Gasteiger partial charge is 0.325 e. The Morgan fingerprint density at radius 1 is 0.943 bits per heavy atom. The maximum atomic E-state index is 13.6. The second-order valence-corrected chi connectivity index (χ2v) is 7.99. The van der Waals surface area contributed by atoms with E-state index in [9.17, 15) is 9.59 Å². The predicted molar refractivity (Wildman–Crippen MR) is 137 cm³/mol. The molecule has 0 radical (unpaired) electrons. The van der Waals surface area contributed by atoms with Gasteiger partial charge in [-0.2, -0.15) is 0 Å². The summed E-state index contributed by atoms with van der Waals surface area (Å²) in [6.45, 7) is 0.170. The number of esters is 1. The highest BCUT2D eigenvalue weighted by Gasteiger charge is 2.40. The average Bonchev–Trinajstić information content (AvgIpc) is 3.12. The predicted octanol–water partition coefficient (Wildman–Crippen LogP) is 4.42. The van der Waals surface area contributed by atoms with E-state index in [-0.39, 0.29) is 23.3 Å². The second kappa shape index (κ2) is 10.8. The van der Waals surface area contributed by atoms with E-state index in [1.54, 1.807) is 37.5 Å². The van der Waals surface area contributed by atoms with Crippen LogP contribution in [0.2, 0.25) is 0 Å². The number of para-hydroxylation sites is 1. The number of benzene rings is 3. The molecular formula is C27H24N2O5S. The third-order valence-electron chi connectivity index (χ3n) is 5.43. The summed E-state index contributed by atoms with van der Waals surface area (Å²) in [6, 6.07) is 24.1. The number of amides is 1. The quantitative estimate of drug-likeness (QED) is 0.264. The number of nitrogens with zero attached hydrogens (tertiary/aromatic N) is 2. The van der Waals surface area contributed by atoms with Crippen LogP contribution in [0.1, 0.15) is 11.1 Å². The molecule has 0 spiro atoms. The Bertz CT molecular complexity index is 1260. The molecule has 1 aliphatic rings. The summed E-state index contributed by atoms with van der Waals surface area (Å²) in [6.07, 6.45) is 1.68. The normalized spacial score (nSPS) is 14.4. The topological polar surface area (TPSA) is 68.3 Å². The monoisotopic (exact) mass is 488 g/mol. The molecule has 178 valence electrons. The first-order chi connectivity index (χ1) is 17.0. The van der Waals surface area contributed by atoms with Gasteiger partial charge in [-0.1, -0.05) is 48.5 Å². The third-order valence-corrected chi connectivity index (χ3v) is 5.83. The third kappa shape index (κ3) is 5.33. The van der Waals surface area contributed by atoms with Gasteiger partial charge in [-0.05, 0) is 54.2 Å². The van der Waals surface area contributed by atoms with Crippen molar-refractivity contribution < 1.29 is 23.8 Å². The van der Waals surface area contributed by atoms with Crippen LogP contribution in [-0.2, 0) is 20.9 Å². The van der Waals surface area contributed by atoms with Gasteiger partial charge in [-0.15, -0.1) is 0 Å². The molecule has 7 nitrogen and oxygen atoms in total. The van der Waals surface area contributed by atoms with Crippen LogP contribution in [0, 0.1) is 0 Å². The second-order valence-electron chi connectivity index (χ2n) is 7.63. The van der Waals surface area contributed by atoms with E-state index in [4.69, 9.17) is 26.4 Å². The van der Waals surface area contributed by atoms with Crippen LogP contribution in [-0.4, -0.2) is 42.7 Å². The minimum Gasteiger partial charge on any atom is -0.497 e. The van der Waals surface area contributed by atoms with Gasteiger partial charge in [0.25, 0.3) is 5.91 Å². The first kappa shape index (κ1) is 24.0. The zero-order valence-corrected chi connectivity index (χ0v) is 20.2. The van der Waals surface area contributed by atoms with Gasteiger partial charge in [0.15, 0.2) is 5.11 Å². The first-order valence-electron chi connectivity index (χ1n) is 10.9. The van der Waals surface area contributed by atoms with Crippen molar-refractivity contribution >= 4 is 41.0 Å². The highest BCUT2D eigenvalue weighted by molar-refractivity contribution is 7.80. The van der Waals surface area contributed by atoms with Gasteiger partial charge in [-0.25, -0.2) is 0 Å². The Kier molecular flexibility index (Phi) is 7.42. The Balaban J connectivity index is 1.69. The van der Waals surface area contributed by atoms with Gasteiger partial charge < -0.3 is 19.1 Å². The van der Waals surface area contributed by atoms with E-state index in [2.05, 4.69) is 0 Å². The van der Waals surface area contributed by atoms with Crippen molar-refractivity contribution in [2.75, 3.05) is 25.7 Å². The largest absolute Gasteiger partial charge is 0.497 e. The summed E-state index contributed by atoms with van der Waals surface area (Å²) < 4.78 is 16.1. The van der Waals surface area contributed by atoms with Crippen molar-refractivity contribution in [1.29, 1.82) is 0 Å². The Morgan fingerprint density at radius 3 is 2.31 bits per heavy atom. The molecule has 1 amide bonds. The van der Waals surface area contributed by atoms with Gasteiger partial charge in [-0.3, -0.25) is 14.5 Å². The fourth-order valence-electron chi connectivity index (χ4n) is 3.60. The maximum Gasteiger partial charge on any atom is 0.325 e. The Hall–Kier alpha value is -4.17. The molecule has 1 heterocycles. The number of carbonyl (C=O) groups excluding carboxylic acids is 2. The molecule has 0 aliphatic carbocycles. The van der Waals surface area contributed by atoms with Crippen molar-refractivity contribution in [3.05, 3.63) is 95.7 Å². The summed E-state index contributed by atoms with van der Waals surface area (Å²) in [5.41, 5.74) is 2.51. The molecule has 3 aromatic carbocycles. The number of thiocarbonyl (C=S) groups is 1. The SMILES string of the molecule is COC(=O)CN1C(=S)N(c2ccc(OC)cc2)C(=O)/C1=C/c1ccccc1OCc1ccccc1. The van der Waals surface area contributed by atoms with Gasteiger partial charge >= 0.3 is 5.97 Å². The molecule has 35 heavy (non-hydrogen) atoms. The molecule has 0 saturated carbocycles. The Morgan fingerprint density at radius 2 is 1.63 bits per heavy atom. The molecule has 1 fully saturated rings. The minimum absolute atomic E-state index is 0.180. The molecule has 0 aromatic heterocycles. The van der Waals surface area contributed by atoms with E-state index in [0.29, 0.717) is 29.4 Å². The summed E-state index contributed by atoms with van der Waals surface area (Å²) in [4.78, 5) is 28.6. The lowest BCUT2D eigenvalue weighted by Gasteiger charge is -2.19. The average molecular weight is 489 g/mol. The number of ether oxygens (including phenoxy) is 3. The molecule has 0 atom stereocenters. The van der Waals surface area contributed by atoms with Gasteiger partial charge in [0.1, 0.15) is 30.3 Å². The number of hydrogen-bond acceptors (Lipinski definition) is 6.